The van der Waals surface area contributed by atoms with Gasteiger partial charge in [-0.2, -0.15) is 0 Å². The standard InChI is InChI=1S/C9H19NO2/c1-8(5-6-10)12-9-4-2-3-7-11-9/h8-9H,2-7,10H2,1H3. The first-order valence-corrected chi connectivity index (χ1v) is 4.80. The second kappa shape index (κ2) is 5.51. The van der Waals surface area contributed by atoms with Crippen LogP contribution in [0.3, 0.4) is 0 Å². The first-order valence-electron chi connectivity index (χ1n) is 4.80. The third-order valence-electron chi connectivity index (χ3n) is 2.10. The summed E-state index contributed by atoms with van der Waals surface area (Å²) in [4.78, 5) is 0. The van der Waals surface area contributed by atoms with Crippen LogP contribution in [0.1, 0.15) is 32.6 Å². The minimum Gasteiger partial charge on any atom is -0.353 e. The van der Waals surface area contributed by atoms with Gasteiger partial charge in [-0.05, 0) is 39.2 Å². The lowest BCUT2D eigenvalue weighted by Gasteiger charge is -2.25. The predicted molar refractivity (Wildman–Crippen MR) is 47.8 cm³/mol. The van der Waals surface area contributed by atoms with E-state index in [2.05, 4.69) is 0 Å². The van der Waals surface area contributed by atoms with E-state index in [9.17, 15) is 0 Å². The van der Waals surface area contributed by atoms with E-state index in [1.54, 1.807) is 0 Å². The second-order valence-electron chi connectivity index (χ2n) is 3.32. The van der Waals surface area contributed by atoms with E-state index < -0.39 is 0 Å². The second-order valence-corrected chi connectivity index (χ2v) is 3.32. The number of ether oxygens (including phenoxy) is 2. The minimum absolute atomic E-state index is 0.0281. The zero-order chi connectivity index (χ0) is 8.81. The zero-order valence-electron chi connectivity index (χ0n) is 7.79. The van der Waals surface area contributed by atoms with Crippen LogP contribution in [0.15, 0.2) is 0 Å². The predicted octanol–water partition coefficient (Wildman–Crippen LogP) is 1.27. The molecule has 2 unspecified atom stereocenters. The van der Waals surface area contributed by atoms with Crippen molar-refractivity contribution in [2.45, 2.75) is 45.0 Å². The molecule has 0 spiro atoms. The Kier molecular flexibility index (Phi) is 4.58. The summed E-state index contributed by atoms with van der Waals surface area (Å²) in [5.74, 6) is 0. The number of rotatable bonds is 4. The monoisotopic (exact) mass is 173 g/mol. The Bertz CT molecular complexity index is 113. The zero-order valence-corrected chi connectivity index (χ0v) is 7.79. The Labute approximate surface area is 74.2 Å². The van der Waals surface area contributed by atoms with E-state index >= 15 is 0 Å². The highest BCUT2D eigenvalue weighted by atomic mass is 16.7. The molecule has 0 saturated carbocycles. The van der Waals surface area contributed by atoms with E-state index in [-0.39, 0.29) is 12.4 Å². The van der Waals surface area contributed by atoms with Gasteiger partial charge < -0.3 is 15.2 Å². The molecule has 1 fully saturated rings. The van der Waals surface area contributed by atoms with Crippen molar-refractivity contribution < 1.29 is 9.47 Å². The van der Waals surface area contributed by atoms with Gasteiger partial charge in [-0.1, -0.05) is 0 Å². The van der Waals surface area contributed by atoms with Gasteiger partial charge in [0.25, 0.3) is 0 Å². The van der Waals surface area contributed by atoms with Crippen LogP contribution >= 0.6 is 0 Å². The normalized spacial score (nSPS) is 27.0. The lowest BCUT2D eigenvalue weighted by Crippen LogP contribution is -2.27. The van der Waals surface area contributed by atoms with Crippen molar-refractivity contribution in [3.63, 3.8) is 0 Å². The molecule has 0 aromatic carbocycles. The summed E-state index contributed by atoms with van der Waals surface area (Å²) in [7, 11) is 0. The van der Waals surface area contributed by atoms with Gasteiger partial charge >= 0.3 is 0 Å². The van der Waals surface area contributed by atoms with Gasteiger partial charge in [-0.3, -0.25) is 0 Å². The van der Waals surface area contributed by atoms with E-state index in [0.29, 0.717) is 6.54 Å². The Morgan fingerprint density at radius 2 is 2.42 bits per heavy atom. The van der Waals surface area contributed by atoms with Gasteiger partial charge in [0.2, 0.25) is 0 Å². The van der Waals surface area contributed by atoms with Crippen LogP contribution in [0, 0.1) is 0 Å². The quantitative estimate of drug-likeness (QED) is 0.696. The smallest absolute Gasteiger partial charge is 0.157 e. The third kappa shape index (κ3) is 3.52. The van der Waals surface area contributed by atoms with Crippen LogP contribution in [0.5, 0.6) is 0 Å². The van der Waals surface area contributed by atoms with Gasteiger partial charge in [-0.15, -0.1) is 0 Å². The molecule has 0 amide bonds. The van der Waals surface area contributed by atoms with Crippen LogP contribution in [0.4, 0.5) is 0 Å². The molecule has 1 aliphatic heterocycles. The first-order chi connectivity index (χ1) is 5.83. The van der Waals surface area contributed by atoms with E-state index in [1.165, 1.54) is 12.8 Å². The van der Waals surface area contributed by atoms with Crippen molar-refractivity contribution in [2.75, 3.05) is 13.2 Å². The Balaban J connectivity index is 2.11. The van der Waals surface area contributed by atoms with Gasteiger partial charge in [0, 0.05) is 6.61 Å². The van der Waals surface area contributed by atoms with Crippen LogP contribution in [0.25, 0.3) is 0 Å². The topological polar surface area (TPSA) is 44.5 Å². The van der Waals surface area contributed by atoms with E-state index in [4.69, 9.17) is 15.2 Å². The number of hydrogen-bond donors (Lipinski definition) is 1. The minimum atomic E-state index is 0.0281. The average molecular weight is 173 g/mol. The molecule has 1 aliphatic rings. The van der Waals surface area contributed by atoms with Crippen molar-refractivity contribution in [1.82, 2.24) is 0 Å². The van der Waals surface area contributed by atoms with Gasteiger partial charge in [0.05, 0.1) is 6.10 Å². The first kappa shape index (κ1) is 9.96. The van der Waals surface area contributed by atoms with Crippen LogP contribution in [0.2, 0.25) is 0 Å². The fraction of sp³-hybridized carbons (Fsp3) is 1.00. The molecule has 2 atom stereocenters. The Hall–Kier alpha value is -0.120. The van der Waals surface area contributed by atoms with Crippen molar-refractivity contribution in [3.8, 4) is 0 Å². The van der Waals surface area contributed by atoms with E-state index in [0.717, 1.165) is 19.4 Å². The Morgan fingerprint density at radius 1 is 1.58 bits per heavy atom. The summed E-state index contributed by atoms with van der Waals surface area (Å²) in [6, 6.07) is 0. The number of nitrogens with two attached hydrogens (primary N) is 1. The molecule has 0 aromatic rings. The summed E-state index contributed by atoms with van der Waals surface area (Å²) in [5.41, 5.74) is 5.41. The van der Waals surface area contributed by atoms with Gasteiger partial charge in [-0.25, -0.2) is 0 Å². The maximum atomic E-state index is 5.63. The molecular formula is C9H19NO2. The Morgan fingerprint density at radius 3 is 3.00 bits per heavy atom. The van der Waals surface area contributed by atoms with E-state index in [1.807, 2.05) is 6.92 Å². The summed E-state index contributed by atoms with van der Waals surface area (Å²) < 4.78 is 11.1. The van der Waals surface area contributed by atoms with Crippen LogP contribution < -0.4 is 5.73 Å². The lowest BCUT2D eigenvalue weighted by atomic mass is 10.2. The molecule has 0 aromatic heterocycles. The van der Waals surface area contributed by atoms with Crippen LogP contribution in [-0.2, 0) is 9.47 Å². The molecule has 3 nitrogen and oxygen atoms in total. The van der Waals surface area contributed by atoms with Crippen molar-refractivity contribution >= 4 is 0 Å². The largest absolute Gasteiger partial charge is 0.353 e. The summed E-state index contributed by atoms with van der Waals surface area (Å²) >= 11 is 0. The maximum absolute atomic E-state index is 5.63. The molecule has 1 heterocycles. The highest BCUT2D eigenvalue weighted by molar-refractivity contribution is 4.57. The van der Waals surface area contributed by atoms with Crippen molar-refractivity contribution in [3.05, 3.63) is 0 Å². The highest BCUT2D eigenvalue weighted by Crippen LogP contribution is 2.15. The summed E-state index contributed by atoms with van der Waals surface area (Å²) in [6.07, 6.45) is 4.61. The summed E-state index contributed by atoms with van der Waals surface area (Å²) in [5, 5.41) is 0. The molecule has 72 valence electrons. The molecule has 0 aliphatic carbocycles. The summed E-state index contributed by atoms with van der Waals surface area (Å²) in [6.45, 7) is 3.58. The fourth-order valence-corrected chi connectivity index (χ4v) is 1.38. The van der Waals surface area contributed by atoms with Gasteiger partial charge in [0.15, 0.2) is 6.29 Å². The maximum Gasteiger partial charge on any atom is 0.157 e. The molecule has 0 bridgehead atoms. The highest BCUT2D eigenvalue weighted by Gasteiger charge is 2.16. The molecule has 1 rings (SSSR count). The van der Waals surface area contributed by atoms with Crippen molar-refractivity contribution in [1.29, 1.82) is 0 Å². The molecular weight excluding hydrogens is 154 g/mol. The number of hydrogen-bond acceptors (Lipinski definition) is 3. The van der Waals surface area contributed by atoms with Crippen LogP contribution in [-0.4, -0.2) is 25.5 Å². The van der Waals surface area contributed by atoms with Crippen molar-refractivity contribution in [2.24, 2.45) is 5.73 Å². The molecule has 2 N–H and O–H groups in total. The molecule has 0 radical (unpaired) electrons. The molecule has 1 saturated heterocycles. The third-order valence-corrected chi connectivity index (χ3v) is 2.10. The SMILES string of the molecule is CC(CCN)OC1CCCCO1. The average Bonchev–Trinajstić information content (AvgIpc) is 2.06. The van der Waals surface area contributed by atoms with Gasteiger partial charge in [0.1, 0.15) is 0 Å². The molecule has 3 heteroatoms. The fourth-order valence-electron chi connectivity index (χ4n) is 1.38. The lowest BCUT2D eigenvalue weighted by molar-refractivity contribution is -0.184. The molecule has 12 heavy (non-hydrogen) atoms.